The van der Waals surface area contributed by atoms with Gasteiger partial charge < -0.3 is 19.0 Å². The van der Waals surface area contributed by atoms with Crippen LogP contribution in [-0.4, -0.2) is 39.3 Å². The number of rotatable bonds is 7. The predicted octanol–water partition coefficient (Wildman–Crippen LogP) is 5.15. The fourth-order valence-corrected chi connectivity index (χ4v) is 4.93. The Labute approximate surface area is 166 Å². The third-order valence-electron chi connectivity index (χ3n) is 6.60. The van der Waals surface area contributed by atoms with Crippen molar-refractivity contribution in [3.63, 3.8) is 0 Å². The van der Waals surface area contributed by atoms with Crippen molar-refractivity contribution in [2.24, 2.45) is 5.41 Å². The summed E-state index contributed by atoms with van der Waals surface area (Å²) in [6, 6.07) is 7.96. The first-order valence-corrected chi connectivity index (χ1v) is 13.0. The third-order valence-corrected chi connectivity index (χ3v) is 11.1. The second-order valence-corrected chi connectivity index (χ2v) is 14.4. The van der Waals surface area contributed by atoms with Crippen LogP contribution in [0.15, 0.2) is 24.3 Å². The first kappa shape index (κ1) is 22.4. The van der Waals surface area contributed by atoms with Crippen molar-refractivity contribution in [1.29, 1.82) is 0 Å². The Hall–Kier alpha value is -0.883. The molecular formula is C22H38O4Si. The van der Waals surface area contributed by atoms with Gasteiger partial charge in [-0.15, -0.1) is 0 Å². The lowest BCUT2D eigenvalue weighted by molar-refractivity contribution is -0.140. The van der Waals surface area contributed by atoms with E-state index in [1.54, 1.807) is 7.11 Å². The van der Waals surface area contributed by atoms with Gasteiger partial charge in [0.15, 0.2) is 8.32 Å². The maximum atomic E-state index is 10.3. The number of benzene rings is 1. The molecule has 0 aromatic heterocycles. The molecule has 2 rings (SSSR count). The lowest BCUT2D eigenvalue weighted by Crippen LogP contribution is -2.56. The molecule has 0 amide bonds. The fraction of sp³-hybridized carbons (Fsp3) is 0.727. The van der Waals surface area contributed by atoms with Crippen molar-refractivity contribution < 1.29 is 19.0 Å². The molecule has 4 nitrogen and oxygen atoms in total. The van der Waals surface area contributed by atoms with Crippen LogP contribution in [0.5, 0.6) is 5.75 Å². The molecule has 27 heavy (non-hydrogen) atoms. The highest BCUT2D eigenvalue weighted by molar-refractivity contribution is 6.74. The Morgan fingerprint density at radius 3 is 2.22 bits per heavy atom. The fourth-order valence-electron chi connectivity index (χ4n) is 3.48. The maximum absolute atomic E-state index is 10.3. The highest BCUT2D eigenvalue weighted by Gasteiger charge is 2.49. The van der Waals surface area contributed by atoms with E-state index in [1.165, 1.54) is 0 Å². The number of hydrogen-bond donors (Lipinski definition) is 1. The van der Waals surface area contributed by atoms with Crippen molar-refractivity contribution in [3.8, 4) is 5.75 Å². The summed E-state index contributed by atoms with van der Waals surface area (Å²) in [5.41, 5.74) is 0.740. The van der Waals surface area contributed by atoms with Gasteiger partial charge in [-0.2, -0.15) is 0 Å². The third kappa shape index (κ3) is 5.14. The molecule has 0 spiro atoms. The van der Waals surface area contributed by atoms with E-state index in [1.807, 2.05) is 24.3 Å². The standard InChI is InChI=1S/C22H38O4Si/c1-21(2,3)27(6,7)26-20-10-8-9-19(22(20,4)16-23)25-15-17-11-13-18(24-5)14-12-17/h11-14,19-20,23H,8-10,15-16H2,1-7H3/t19-,20-,22-/m0/s1. The van der Waals surface area contributed by atoms with Crippen LogP contribution in [0.25, 0.3) is 0 Å². The second kappa shape index (κ2) is 8.64. The molecule has 0 unspecified atom stereocenters. The van der Waals surface area contributed by atoms with Crippen LogP contribution in [0.4, 0.5) is 0 Å². The van der Waals surface area contributed by atoms with Gasteiger partial charge in [-0.05, 0) is 55.1 Å². The molecule has 1 fully saturated rings. The number of aliphatic hydroxyl groups is 1. The van der Waals surface area contributed by atoms with E-state index in [9.17, 15) is 5.11 Å². The lowest BCUT2D eigenvalue weighted by atomic mass is 9.71. The van der Waals surface area contributed by atoms with Gasteiger partial charge in [0.25, 0.3) is 0 Å². The van der Waals surface area contributed by atoms with Crippen molar-refractivity contribution in [1.82, 2.24) is 0 Å². The van der Waals surface area contributed by atoms with Gasteiger partial charge in [-0.25, -0.2) is 0 Å². The van der Waals surface area contributed by atoms with Crippen molar-refractivity contribution in [2.45, 2.75) is 83.9 Å². The smallest absolute Gasteiger partial charge is 0.192 e. The Morgan fingerprint density at radius 1 is 1.11 bits per heavy atom. The summed E-state index contributed by atoms with van der Waals surface area (Å²) in [7, 11) is -0.236. The Balaban J connectivity index is 2.09. The summed E-state index contributed by atoms with van der Waals surface area (Å²) in [4.78, 5) is 0. The van der Waals surface area contributed by atoms with Gasteiger partial charge in [0, 0.05) is 5.41 Å². The number of hydrogen-bond acceptors (Lipinski definition) is 4. The summed E-state index contributed by atoms with van der Waals surface area (Å²) < 4.78 is 18.3. The molecule has 0 aliphatic heterocycles. The normalized spacial score (nSPS) is 26.8. The van der Waals surface area contributed by atoms with E-state index in [4.69, 9.17) is 13.9 Å². The zero-order valence-corrected chi connectivity index (χ0v) is 19.2. The van der Waals surface area contributed by atoms with E-state index >= 15 is 0 Å². The molecule has 154 valence electrons. The topological polar surface area (TPSA) is 47.9 Å². The molecule has 5 heteroatoms. The first-order valence-electron chi connectivity index (χ1n) is 10.1. The Kier molecular flexibility index (Phi) is 7.17. The van der Waals surface area contributed by atoms with Gasteiger partial charge in [-0.3, -0.25) is 0 Å². The highest BCUT2D eigenvalue weighted by atomic mass is 28.4. The lowest BCUT2D eigenvalue weighted by Gasteiger charge is -2.50. The summed E-state index contributed by atoms with van der Waals surface area (Å²) in [5, 5.41) is 10.4. The van der Waals surface area contributed by atoms with Crippen molar-refractivity contribution in [2.75, 3.05) is 13.7 Å². The average Bonchev–Trinajstić information content (AvgIpc) is 2.61. The number of methoxy groups -OCH3 is 1. The number of ether oxygens (including phenoxy) is 2. The molecule has 0 heterocycles. The average molecular weight is 395 g/mol. The summed E-state index contributed by atoms with van der Waals surface area (Å²) in [6.07, 6.45) is 3.06. The van der Waals surface area contributed by atoms with Crippen molar-refractivity contribution in [3.05, 3.63) is 29.8 Å². The molecule has 1 aromatic carbocycles. The first-order chi connectivity index (χ1) is 12.5. The summed E-state index contributed by atoms with van der Waals surface area (Å²) >= 11 is 0. The molecule has 1 N–H and O–H groups in total. The van der Waals surface area contributed by atoms with Crippen LogP contribution in [0.2, 0.25) is 18.1 Å². The van der Waals surface area contributed by atoms with Crippen LogP contribution >= 0.6 is 0 Å². The monoisotopic (exact) mass is 394 g/mol. The Bertz CT molecular complexity index is 593. The molecule has 0 saturated heterocycles. The Morgan fingerprint density at radius 2 is 1.70 bits per heavy atom. The largest absolute Gasteiger partial charge is 0.497 e. The van der Waals surface area contributed by atoms with Crippen LogP contribution in [0.1, 0.15) is 52.5 Å². The minimum atomic E-state index is -1.90. The van der Waals surface area contributed by atoms with Gasteiger partial charge in [0.1, 0.15) is 5.75 Å². The minimum Gasteiger partial charge on any atom is -0.497 e. The van der Waals surface area contributed by atoms with Crippen LogP contribution in [-0.2, 0) is 15.8 Å². The molecule has 0 radical (unpaired) electrons. The van der Waals surface area contributed by atoms with E-state index in [-0.39, 0.29) is 29.3 Å². The zero-order valence-electron chi connectivity index (χ0n) is 18.2. The van der Waals surface area contributed by atoms with Crippen LogP contribution in [0.3, 0.4) is 0 Å². The summed E-state index contributed by atoms with van der Waals surface area (Å²) in [6.45, 7) is 14.1. The minimum absolute atomic E-state index is 0.00637. The van der Waals surface area contributed by atoms with Crippen molar-refractivity contribution >= 4 is 8.32 Å². The SMILES string of the molecule is COc1ccc(CO[C@H]2CCC[C@H](O[Si](C)(C)C(C)(C)C)[C@@]2(C)CO)cc1. The highest BCUT2D eigenvalue weighted by Crippen LogP contribution is 2.45. The predicted molar refractivity (Wildman–Crippen MR) is 113 cm³/mol. The van der Waals surface area contributed by atoms with Gasteiger partial charge in [0.05, 0.1) is 32.5 Å². The van der Waals surface area contributed by atoms with Crippen LogP contribution in [0, 0.1) is 5.41 Å². The summed E-state index contributed by atoms with van der Waals surface area (Å²) in [5.74, 6) is 0.847. The zero-order chi connectivity index (χ0) is 20.3. The van der Waals surface area contributed by atoms with Crippen LogP contribution < -0.4 is 4.74 Å². The molecule has 0 bridgehead atoms. The van der Waals surface area contributed by atoms with E-state index in [0.29, 0.717) is 6.61 Å². The quantitative estimate of drug-likeness (QED) is 0.650. The molecule has 1 aliphatic carbocycles. The molecule has 1 aromatic rings. The molecular weight excluding hydrogens is 356 g/mol. The van der Waals surface area contributed by atoms with E-state index < -0.39 is 8.32 Å². The number of aliphatic hydroxyl groups excluding tert-OH is 1. The maximum Gasteiger partial charge on any atom is 0.192 e. The van der Waals surface area contributed by atoms with Gasteiger partial charge in [0.2, 0.25) is 0 Å². The molecule has 1 aliphatic rings. The van der Waals surface area contributed by atoms with Gasteiger partial charge in [-0.1, -0.05) is 39.8 Å². The van der Waals surface area contributed by atoms with Gasteiger partial charge >= 0.3 is 0 Å². The molecule has 1 saturated carbocycles. The second-order valence-electron chi connectivity index (χ2n) is 9.61. The van der Waals surface area contributed by atoms with E-state index in [2.05, 4.69) is 40.8 Å². The molecule has 3 atom stereocenters. The van der Waals surface area contributed by atoms with E-state index in [0.717, 1.165) is 30.6 Å².